The third kappa shape index (κ3) is 19.6. The van der Waals surface area contributed by atoms with Crippen molar-refractivity contribution in [3.8, 4) is 35.1 Å². The van der Waals surface area contributed by atoms with Crippen LogP contribution >= 0.6 is 0 Å². The Morgan fingerprint density at radius 2 is 1.00 bits per heavy atom. The normalized spacial score (nSPS) is 9.93. The van der Waals surface area contributed by atoms with Gasteiger partial charge in [-0.1, -0.05) is 39.3 Å². The van der Waals surface area contributed by atoms with Crippen LogP contribution in [0.5, 0.6) is 23.0 Å². The van der Waals surface area contributed by atoms with Crippen molar-refractivity contribution in [1.82, 2.24) is 0 Å². The SMILES string of the molecule is C.C=C(C)C(=O)OC(=O)C(=C)C.C=C(C)C(=O)OCCOc1ccc(/C=C(\C#N)C(=O)OC)cc1OC.COC(=O)/C(C#N)=C/c1ccc(OCCO)c(OC)c1. The van der Waals surface area contributed by atoms with Crippen LogP contribution in [0, 0.1) is 22.7 Å². The maximum Gasteiger partial charge on any atom is 0.348 e. The lowest BCUT2D eigenvalue weighted by Crippen LogP contribution is -2.12. The number of methoxy groups -OCH3 is 4. The van der Waals surface area contributed by atoms with Crippen molar-refractivity contribution >= 4 is 42.0 Å². The molecule has 0 radical (unpaired) electrons. The van der Waals surface area contributed by atoms with Gasteiger partial charge in [-0.3, -0.25) is 0 Å². The number of hydrogen-bond acceptors (Lipinski definition) is 16. The predicted molar refractivity (Wildman–Crippen MR) is 209 cm³/mol. The second-order valence-electron chi connectivity index (χ2n) is 10.7. The van der Waals surface area contributed by atoms with E-state index in [9.17, 15) is 24.0 Å². The van der Waals surface area contributed by atoms with Crippen LogP contribution in [-0.2, 0) is 42.9 Å². The molecule has 0 aliphatic rings. The summed E-state index contributed by atoms with van der Waals surface area (Å²) >= 11 is 0. The van der Waals surface area contributed by atoms with Crippen LogP contribution in [0.15, 0.2) is 84.0 Å². The second-order valence-corrected chi connectivity index (χ2v) is 10.7. The van der Waals surface area contributed by atoms with E-state index in [2.05, 4.69) is 33.9 Å². The zero-order valence-electron chi connectivity index (χ0n) is 32.2. The average Bonchev–Trinajstić information content (AvgIpc) is 3.19. The number of nitrogens with zero attached hydrogens (tertiary/aromatic N) is 2. The number of ether oxygens (including phenoxy) is 8. The number of benzene rings is 2. The molecule has 2 aromatic rings. The molecule has 0 unspecified atom stereocenters. The molecule has 2 aromatic carbocycles. The Morgan fingerprint density at radius 1 is 0.614 bits per heavy atom. The Hall–Kier alpha value is -7.17. The number of nitriles is 2. The second kappa shape index (κ2) is 28.3. The Morgan fingerprint density at radius 3 is 1.32 bits per heavy atom. The summed E-state index contributed by atoms with van der Waals surface area (Å²) in [6.07, 6.45) is 2.77. The van der Waals surface area contributed by atoms with Crippen molar-refractivity contribution in [1.29, 1.82) is 10.5 Å². The quantitative estimate of drug-likeness (QED) is 0.0571. The minimum absolute atomic E-state index is 0. The van der Waals surface area contributed by atoms with Gasteiger partial charge in [0.05, 0.1) is 35.0 Å². The highest BCUT2D eigenvalue weighted by Gasteiger charge is 2.13. The molecule has 2 rings (SSSR count). The summed E-state index contributed by atoms with van der Waals surface area (Å²) in [6.45, 7) is 14.8. The Labute approximate surface area is 332 Å². The largest absolute Gasteiger partial charge is 0.493 e. The number of esters is 5. The number of aliphatic hydroxyl groups is 1. The molecular formula is C41H48N2O14. The van der Waals surface area contributed by atoms with E-state index in [1.165, 1.54) is 54.4 Å². The maximum atomic E-state index is 11.4. The Balaban J connectivity index is 0. The van der Waals surface area contributed by atoms with Crippen molar-refractivity contribution in [2.75, 3.05) is 54.9 Å². The smallest absolute Gasteiger partial charge is 0.348 e. The van der Waals surface area contributed by atoms with Crippen LogP contribution in [0.4, 0.5) is 0 Å². The maximum absolute atomic E-state index is 11.4. The highest BCUT2D eigenvalue weighted by Crippen LogP contribution is 2.30. The minimum atomic E-state index is -0.721. The number of carbonyl (C=O) groups is 5. The van der Waals surface area contributed by atoms with E-state index < -0.39 is 29.8 Å². The van der Waals surface area contributed by atoms with Crippen molar-refractivity contribution < 1.29 is 67.0 Å². The fraction of sp³-hybridized carbons (Fsp3) is 0.293. The number of carbonyl (C=O) groups excluding carboxylic acids is 5. The molecule has 306 valence electrons. The summed E-state index contributed by atoms with van der Waals surface area (Å²) in [6, 6.07) is 13.3. The predicted octanol–water partition coefficient (Wildman–Crippen LogP) is 5.26. The van der Waals surface area contributed by atoms with E-state index in [-0.39, 0.29) is 56.1 Å². The molecule has 0 saturated carbocycles. The molecule has 0 aliphatic heterocycles. The highest BCUT2D eigenvalue weighted by atomic mass is 16.6. The van der Waals surface area contributed by atoms with Gasteiger partial charge in [0.1, 0.15) is 43.1 Å². The molecular weight excluding hydrogens is 744 g/mol. The monoisotopic (exact) mass is 792 g/mol. The number of aliphatic hydroxyl groups excluding tert-OH is 1. The van der Waals surface area contributed by atoms with Gasteiger partial charge in [0.25, 0.3) is 0 Å². The lowest BCUT2D eigenvalue weighted by atomic mass is 10.1. The molecule has 0 bridgehead atoms. The van der Waals surface area contributed by atoms with E-state index in [1.54, 1.807) is 55.5 Å². The fourth-order valence-corrected chi connectivity index (χ4v) is 3.44. The van der Waals surface area contributed by atoms with Crippen LogP contribution in [0.1, 0.15) is 39.3 Å². The van der Waals surface area contributed by atoms with Gasteiger partial charge in [0, 0.05) is 16.7 Å². The van der Waals surface area contributed by atoms with Gasteiger partial charge < -0.3 is 43.0 Å². The number of rotatable bonds is 16. The van der Waals surface area contributed by atoms with Gasteiger partial charge in [-0.15, -0.1) is 0 Å². The third-order valence-corrected chi connectivity index (χ3v) is 6.20. The van der Waals surface area contributed by atoms with E-state index in [0.717, 1.165) is 0 Å². The zero-order valence-corrected chi connectivity index (χ0v) is 32.2. The van der Waals surface area contributed by atoms with Crippen LogP contribution in [0.25, 0.3) is 12.2 Å². The summed E-state index contributed by atoms with van der Waals surface area (Å²) in [7, 11) is 5.34. The van der Waals surface area contributed by atoms with Crippen LogP contribution in [-0.4, -0.2) is 89.8 Å². The molecule has 0 amide bonds. The standard InChI is InChI=1S/C18H19NO6.C14H15NO5.C8H10O3.CH4/c1-12(2)17(20)25-8-7-24-15-6-5-13(10-16(15)22-3)9-14(11-19)18(21)23-4;1-18-13-8-10(3-4-12(13)20-6-5-16)7-11(9-15)14(17)19-2;1-5(2)7(9)11-8(10)6(3)4;/h5-6,9-10H,1,7-8H2,2-4H3;3-4,7-8,16H,5-6H2,1-2H3;1,3H2,2,4H3;1H4/b14-9+;11-7+;;. The summed E-state index contributed by atoms with van der Waals surface area (Å²) in [5.74, 6) is -1.58. The molecule has 1 N–H and O–H groups in total. The molecule has 0 saturated heterocycles. The summed E-state index contributed by atoms with van der Waals surface area (Å²) in [5, 5.41) is 26.6. The van der Waals surface area contributed by atoms with Gasteiger partial charge in [-0.25, -0.2) is 24.0 Å². The van der Waals surface area contributed by atoms with E-state index in [4.69, 9.17) is 39.3 Å². The Bertz CT molecular complexity index is 1890. The van der Waals surface area contributed by atoms with Crippen LogP contribution < -0.4 is 18.9 Å². The lowest BCUT2D eigenvalue weighted by molar-refractivity contribution is -0.154. The van der Waals surface area contributed by atoms with Crippen LogP contribution in [0.2, 0.25) is 0 Å². The van der Waals surface area contributed by atoms with Gasteiger partial charge in [0.15, 0.2) is 23.0 Å². The summed E-state index contributed by atoms with van der Waals surface area (Å²) in [4.78, 5) is 55.4. The molecule has 0 atom stereocenters. The minimum Gasteiger partial charge on any atom is -0.493 e. The Kier molecular flexibility index (Phi) is 25.8. The van der Waals surface area contributed by atoms with Crippen molar-refractivity contribution in [2.45, 2.75) is 28.2 Å². The summed E-state index contributed by atoms with van der Waals surface area (Å²) in [5.41, 5.74) is 1.62. The third-order valence-electron chi connectivity index (χ3n) is 6.20. The molecule has 0 aliphatic carbocycles. The van der Waals surface area contributed by atoms with E-state index in [0.29, 0.717) is 39.7 Å². The fourth-order valence-electron chi connectivity index (χ4n) is 3.44. The van der Waals surface area contributed by atoms with E-state index in [1.807, 2.05) is 0 Å². The molecule has 16 heteroatoms. The van der Waals surface area contributed by atoms with Crippen molar-refractivity contribution in [2.24, 2.45) is 0 Å². The first-order valence-electron chi connectivity index (χ1n) is 16.1. The first-order chi connectivity index (χ1) is 26.5. The van der Waals surface area contributed by atoms with Gasteiger partial charge in [-0.05, 0) is 68.3 Å². The average molecular weight is 793 g/mol. The molecule has 0 fully saturated rings. The topological polar surface area (TPSA) is 227 Å². The molecule has 57 heavy (non-hydrogen) atoms. The molecule has 0 aromatic heterocycles. The van der Waals surface area contributed by atoms with Gasteiger partial charge in [-0.2, -0.15) is 10.5 Å². The summed E-state index contributed by atoms with van der Waals surface area (Å²) < 4.78 is 39.4. The zero-order chi connectivity index (χ0) is 42.8. The van der Waals surface area contributed by atoms with Crippen molar-refractivity contribution in [3.05, 3.63) is 95.1 Å². The first-order valence-corrected chi connectivity index (χ1v) is 16.1. The molecule has 0 spiro atoms. The number of hydrogen-bond donors (Lipinski definition) is 1. The van der Waals surface area contributed by atoms with Crippen molar-refractivity contribution in [3.63, 3.8) is 0 Å². The van der Waals surface area contributed by atoms with Crippen LogP contribution in [0.3, 0.4) is 0 Å². The first kappa shape index (κ1) is 51.9. The van der Waals surface area contributed by atoms with Gasteiger partial charge in [0.2, 0.25) is 0 Å². The highest BCUT2D eigenvalue weighted by molar-refractivity contribution is 6.01. The van der Waals surface area contributed by atoms with E-state index >= 15 is 0 Å². The van der Waals surface area contributed by atoms with Gasteiger partial charge >= 0.3 is 29.8 Å². The molecule has 0 heterocycles. The lowest BCUT2D eigenvalue weighted by Gasteiger charge is -2.11. The molecule has 16 nitrogen and oxygen atoms in total.